The van der Waals surface area contributed by atoms with E-state index >= 15 is 0 Å². The molecule has 0 aliphatic carbocycles. The number of rotatable bonds is 3. The van der Waals surface area contributed by atoms with Crippen LogP contribution in [-0.4, -0.2) is 42.5 Å². The largest absolute Gasteiger partial charge is 0.393 e. The second-order valence-corrected chi connectivity index (χ2v) is 5.70. The molecule has 1 saturated heterocycles. The molecule has 0 bridgehead atoms. The van der Waals surface area contributed by atoms with Crippen LogP contribution in [-0.2, 0) is 4.79 Å². The van der Waals surface area contributed by atoms with E-state index in [0.29, 0.717) is 18.5 Å². The Morgan fingerprint density at radius 2 is 2.19 bits per heavy atom. The molecule has 0 aromatic carbocycles. The fourth-order valence-corrected chi connectivity index (χ4v) is 2.87. The third-order valence-corrected chi connectivity index (χ3v) is 4.10. The van der Waals surface area contributed by atoms with Gasteiger partial charge in [0.25, 0.3) is 5.91 Å². The number of hydrogen-bond acceptors (Lipinski definition) is 3. The molecule has 1 aliphatic heterocycles. The van der Waals surface area contributed by atoms with Crippen molar-refractivity contribution < 1.29 is 22.8 Å². The lowest BCUT2D eigenvalue weighted by Crippen LogP contribution is -2.47. The zero-order valence-corrected chi connectivity index (χ0v) is 12.0. The fourth-order valence-electron chi connectivity index (χ4n) is 2.23. The minimum Gasteiger partial charge on any atom is -0.343 e. The molecule has 0 saturated carbocycles. The molecule has 2 amide bonds. The first-order valence-corrected chi connectivity index (χ1v) is 7.47. The summed E-state index contributed by atoms with van der Waals surface area (Å²) in [6.45, 7) is -0.296. The number of nitrogens with zero attached hydrogens (tertiary/aromatic N) is 1. The maximum Gasteiger partial charge on any atom is 0.393 e. The minimum atomic E-state index is -4.28. The number of amides is 2. The fraction of sp³-hybridized carbons (Fsp3) is 0.538. The first kappa shape index (κ1) is 15.8. The van der Waals surface area contributed by atoms with Gasteiger partial charge >= 0.3 is 6.18 Å². The van der Waals surface area contributed by atoms with E-state index in [9.17, 15) is 22.8 Å². The molecule has 0 unspecified atom stereocenters. The Bertz CT molecular complexity index is 502. The topological polar surface area (TPSA) is 49.4 Å². The summed E-state index contributed by atoms with van der Waals surface area (Å²) in [4.78, 5) is 24.7. The van der Waals surface area contributed by atoms with E-state index in [-0.39, 0.29) is 19.5 Å². The number of piperidine rings is 1. The summed E-state index contributed by atoms with van der Waals surface area (Å²) in [7, 11) is 0. The first-order valence-electron chi connectivity index (χ1n) is 6.53. The highest BCUT2D eigenvalue weighted by Crippen LogP contribution is 2.33. The van der Waals surface area contributed by atoms with Crippen LogP contribution in [0, 0.1) is 5.92 Å². The average Bonchev–Trinajstić information content (AvgIpc) is 2.98. The molecule has 1 aromatic heterocycles. The summed E-state index contributed by atoms with van der Waals surface area (Å²) in [6.07, 6.45) is -3.90. The molecule has 1 aliphatic rings. The molecule has 1 fully saturated rings. The molecular formula is C13H15F3N2O2S. The van der Waals surface area contributed by atoms with Crippen molar-refractivity contribution in [2.45, 2.75) is 19.0 Å². The number of alkyl halides is 3. The van der Waals surface area contributed by atoms with Crippen molar-refractivity contribution in [3.8, 4) is 0 Å². The SMILES string of the molecule is O=C(NCC(=O)N1CCC[C@H](C(F)(F)F)C1)c1ccsc1. The molecule has 1 aromatic rings. The van der Waals surface area contributed by atoms with Crippen LogP contribution in [0.2, 0.25) is 0 Å². The number of carbonyl (C=O) groups is 2. The van der Waals surface area contributed by atoms with Crippen molar-refractivity contribution in [3.05, 3.63) is 22.4 Å². The second kappa shape index (κ2) is 6.46. The highest BCUT2D eigenvalue weighted by Gasteiger charge is 2.42. The lowest BCUT2D eigenvalue weighted by molar-refractivity contribution is -0.187. The van der Waals surface area contributed by atoms with Crippen molar-refractivity contribution in [2.24, 2.45) is 5.92 Å². The molecule has 8 heteroatoms. The van der Waals surface area contributed by atoms with E-state index in [4.69, 9.17) is 0 Å². The van der Waals surface area contributed by atoms with Gasteiger partial charge in [0.05, 0.1) is 12.5 Å². The van der Waals surface area contributed by atoms with Gasteiger partial charge in [-0.05, 0) is 24.3 Å². The van der Waals surface area contributed by atoms with Gasteiger partial charge in [-0.25, -0.2) is 0 Å². The smallest absolute Gasteiger partial charge is 0.343 e. The Balaban J connectivity index is 1.84. The Morgan fingerprint density at radius 3 is 2.81 bits per heavy atom. The quantitative estimate of drug-likeness (QED) is 0.929. The van der Waals surface area contributed by atoms with E-state index in [1.54, 1.807) is 16.8 Å². The maximum atomic E-state index is 12.7. The molecule has 21 heavy (non-hydrogen) atoms. The highest BCUT2D eigenvalue weighted by molar-refractivity contribution is 7.08. The third kappa shape index (κ3) is 4.20. The van der Waals surface area contributed by atoms with E-state index in [1.165, 1.54) is 16.2 Å². The molecule has 0 radical (unpaired) electrons. The van der Waals surface area contributed by atoms with Crippen molar-refractivity contribution >= 4 is 23.2 Å². The molecule has 1 atom stereocenters. The number of nitrogens with one attached hydrogen (secondary N) is 1. The van der Waals surface area contributed by atoms with Crippen LogP contribution in [0.15, 0.2) is 16.8 Å². The van der Waals surface area contributed by atoms with Crippen molar-refractivity contribution in [3.63, 3.8) is 0 Å². The Hall–Kier alpha value is -1.57. The molecule has 4 nitrogen and oxygen atoms in total. The Morgan fingerprint density at radius 1 is 1.43 bits per heavy atom. The van der Waals surface area contributed by atoms with Gasteiger partial charge in [0, 0.05) is 24.0 Å². The maximum absolute atomic E-state index is 12.7. The van der Waals surface area contributed by atoms with E-state index in [2.05, 4.69) is 5.32 Å². The molecular weight excluding hydrogens is 305 g/mol. The van der Waals surface area contributed by atoms with Crippen LogP contribution < -0.4 is 5.32 Å². The normalized spacial score (nSPS) is 19.4. The standard InChI is InChI=1S/C13H15F3N2O2S/c14-13(15,16)10-2-1-4-18(7-10)11(19)6-17-12(20)9-3-5-21-8-9/h3,5,8,10H,1-2,4,6-7H2,(H,17,20)/t10-/m0/s1. The average molecular weight is 320 g/mol. The van der Waals surface area contributed by atoms with Gasteiger partial charge < -0.3 is 10.2 Å². The van der Waals surface area contributed by atoms with E-state index in [1.807, 2.05) is 0 Å². The van der Waals surface area contributed by atoms with Crippen molar-refractivity contribution in [2.75, 3.05) is 19.6 Å². The molecule has 2 heterocycles. The van der Waals surface area contributed by atoms with Crippen molar-refractivity contribution in [1.82, 2.24) is 10.2 Å². The lowest BCUT2D eigenvalue weighted by atomic mass is 9.97. The number of likely N-dealkylation sites (tertiary alicyclic amines) is 1. The Kier molecular flexibility index (Phi) is 4.87. The first-order chi connectivity index (χ1) is 9.88. The predicted octanol–water partition coefficient (Wildman–Crippen LogP) is 2.28. The van der Waals surface area contributed by atoms with Gasteiger partial charge in [-0.2, -0.15) is 24.5 Å². The van der Waals surface area contributed by atoms with Crippen LogP contribution in [0.25, 0.3) is 0 Å². The summed E-state index contributed by atoms with van der Waals surface area (Å²) in [5.41, 5.74) is 0.444. The van der Waals surface area contributed by atoms with Gasteiger partial charge in [-0.1, -0.05) is 0 Å². The van der Waals surface area contributed by atoms with Gasteiger partial charge in [0.15, 0.2) is 0 Å². The minimum absolute atomic E-state index is 0.0501. The third-order valence-electron chi connectivity index (χ3n) is 3.42. The van der Waals surface area contributed by atoms with Gasteiger partial charge in [0.1, 0.15) is 0 Å². The van der Waals surface area contributed by atoms with Crippen LogP contribution in [0.4, 0.5) is 13.2 Å². The zero-order chi connectivity index (χ0) is 15.5. The van der Waals surface area contributed by atoms with Gasteiger partial charge in [0.2, 0.25) is 5.91 Å². The number of thiophene rings is 1. The second-order valence-electron chi connectivity index (χ2n) is 4.92. The molecule has 1 N–H and O–H groups in total. The van der Waals surface area contributed by atoms with E-state index < -0.39 is 23.9 Å². The van der Waals surface area contributed by atoms with Crippen LogP contribution in [0.5, 0.6) is 0 Å². The highest BCUT2D eigenvalue weighted by atomic mass is 32.1. The summed E-state index contributed by atoms with van der Waals surface area (Å²) >= 11 is 1.35. The molecule has 116 valence electrons. The summed E-state index contributed by atoms with van der Waals surface area (Å²) < 4.78 is 38.0. The van der Waals surface area contributed by atoms with Crippen LogP contribution in [0.3, 0.4) is 0 Å². The Labute approximate surface area is 123 Å². The molecule has 2 rings (SSSR count). The number of hydrogen-bond donors (Lipinski definition) is 1. The predicted molar refractivity (Wildman–Crippen MR) is 72.0 cm³/mol. The van der Waals surface area contributed by atoms with Crippen LogP contribution in [0.1, 0.15) is 23.2 Å². The lowest BCUT2D eigenvalue weighted by Gasteiger charge is -2.33. The monoisotopic (exact) mass is 320 g/mol. The van der Waals surface area contributed by atoms with Crippen molar-refractivity contribution in [1.29, 1.82) is 0 Å². The molecule has 0 spiro atoms. The summed E-state index contributed by atoms with van der Waals surface area (Å²) in [5.74, 6) is -2.34. The van der Waals surface area contributed by atoms with E-state index in [0.717, 1.165) is 0 Å². The van der Waals surface area contributed by atoms with Crippen LogP contribution >= 0.6 is 11.3 Å². The number of halogens is 3. The summed E-state index contributed by atoms with van der Waals surface area (Å²) in [5, 5.41) is 5.80. The van der Waals surface area contributed by atoms with Gasteiger partial charge in [-0.3, -0.25) is 9.59 Å². The van der Waals surface area contributed by atoms with Gasteiger partial charge in [-0.15, -0.1) is 0 Å². The summed E-state index contributed by atoms with van der Waals surface area (Å²) in [6, 6.07) is 1.62. The zero-order valence-electron chi connectivity index (χ0n) is 11.2. The number of carbonyl (C=O) groups excluding carboxylic acids is 2.